The zero-order valence-electron chi connectivity index (χ0n) is 18.4. The van der Waals surface area contributed by atoms with Crippen molar-refractivity contribution in [2.75, 3.05) is 0 Å². The molecule has 0 aromatic carbocycles. The summed E-state index contributed by atoms with van der Waals surface area (Å²) in [6.07, 6.45) is 23.9. The molecule has 6 heteroatoms. The quantitative estimate of drug-likeness (QED) is 0.157. The molecule has 0 aliphatic carbocycles. The van der Waals surface area contributed by atoms with Gasteiger partial charge in [-0.15, -0.1) is 0 Å². The van der Waals surface area contributed by atoms with E-state index in [4.69, 9.17) is 5.14 Å². The van der Waals surface area contributed by atoms with E-state index in [0.29, 0.717) is 6.42 Å². The van der Waals surface area contributed by atoms with Crippen molar-refractivity contribution < 1.29 is 17.7 Å². The van der Waals surface area contributed by atoms with E-state index in [2.05, 4.69) is 11.1 Å². The predicted molar refractivity (Wildman–Crippen MR) is 118 cm³/mol. The fourth-order valence-electron chi connectivity index (χ4n) is 3.60. The number of hydrogen-bond donors (Lipinski definition) is 2. The molecule has 0 saturated carbocycles. The second-order valence-corrected chi connectivity index (χ2v) is 9.37. The van der Waals surface area contributed by atoms with Crippen LogP contribution in [0.5, 0.6) is 0 Å². The van der Waals surface area contributed by atoms with Crippen LogP contribution in [-0.4, -0.2) is 19.8 Å². The van der Waals surface area contributed by atoms with Crippen molar-refractivity contribution in [3.63, 3.8) is 0 Å². The number of unbranched alkanes of at least 4 members (excludes halogenated alkanes) is 18. The second-order valence-electron chi connectivity index (χ2n) is 8.20. The summed E-state index contributed by atoms with van der Waals surface area (Å²) in [6.45, 7) is 2.27. The molecule has 3 N–H and O–H groups in total. The van der Waals surface area contributed by atoms with Gasteiger partial charge in [0.2, 0.25) is 0 Å². The molecule has 0 bridgehead atoms. The van der Waals surface area contributed by atoms with E-state index < -0.39 is 16.6 Å². The third-order valence-corrected chi connectivity index (χ3v) is 5.79. The number of rotatable bonds is 22. The molecule has 28 heavy (non-hydrogen) atoms. The van der Waals surface area contributed by atoms with E-state index in [1.165, 1.54) is 103 Å². The number of nitrogens with two attached hydrogens (primary N) is 1. The Morgan fingerprint density at radius 1 is 0.643 bits per heavy atom. The number of aliphatic hydroxyl groups excluding tert-OH is 1. The van der Waals surface area contributed by atoms with Crippen LogP contribution in [0.15, 0.2) is 0 Å². The third-order valence-electron chi connectivity index (χ3n) is 5.30. The number of aliphatic hydroxyl groups is 1. The first kappa shape index (κ1) is 27.8. The lowest BCUT2D eigenvalue weighted by Crippen LogP contribution is -2.23. The SMILES string of the molecule is CCCCCCCCCCCCCCCCCCCCCC(O)OS(N)(=O)=O. The van der Waals surface area contributed by atoms with Crippen LogP contribution >= 0.6 is 0 Å². The van der Waals surface area contributed by atoms with Gasteiger partial charge in [-0.3, -0.25) is 0 Å². The molecule has 0 radical (unpaired) electrons. The Labute approximate surface area is 175 Å². The summed E-state index contributed by atoms with van der Waals surface area (Å²) in [5.74, 6) is 0. The Morgan fingerprint density at radius 3 is 1.21 bits per heavy atom. The molecule has 5 nitrogen and oxygen atoms in total. The largest absolute Gasteiger partial charge is 0.367 e. The lowest BCUT2D eigenvalue weighted by Gasteiger charge is -2.09. The summed E-state index contributed by atoms with van der Waals surface area (Å²) < 4.78 is 25.6. The second kappa shape index (κ2) is 20.1. The molecule has 0 heterocycles. The standard InChI is InChI=1S/C22H47NO4S/c1-2-3-4-5-6-7-8-9-10-11-12-13-14-15-16-17-18-19-20-21-22(24)27-28(23,25)26/h22,24H,2-21H2,1H3,(H2,23,25,26). The highest BCUT2D eigenvalue weighted by Crippen LogP contribution is 2.15. The van der Waals surface area contributed by atoms with E-state index in [0.717, 1.165) is 19.3 Å². The van der Waals surface area contributed by atoms with Crippen molar-refractivity contribution in [2.24, 2.45) is 5.14 Å². The van der Waals surface area contributed by atoms with Gasteiger partial charge in [-0.2, -0.15) is 8.42 Å². The van der Waals surface area contributed by atoms with Gasteiger partial charge in [-0.25, -0.2) is 9.32 Å². The maximum Gasteiger partial charge on any atom is 0.335 e. The molecule has 0 aromatic heterocycles. The van der Waals surface area contributed by atoms with Gasteiger partial charge < -0.3 is 5.11 Å². The molecule has 1 atom stereocenters. The van der Waals surface area contributed by atoms with Gasteiger partial charge in [0.05, 0.1) is 0 Å². The monoisotopic (exact) mass is 421 g/mol. The first-order chi connectivity index (χ1) is 13.5. The van der Waals surface area contributed by atoms with Crippen LogP contribution in [0.25, 0.3) is 0 Å². The van der Waals surface area contributed by atoms with Gasteiger partial charge >= 0.3 is 10.3 Å². The van der Waals surface area contributed by atoms with Crippen molar-refractivity contribution in [3.8, 4) is 0 Å². The third kappa shape index (κ3) is 23.9. The number of hydrogen-bond acceptors (Lipinski definition) is 4. The van der Waals surface area contributed by atoms with Crippen LogP contribution in [0.4, 0.5) is 0 Å². The zero-order chi connectivity index (χ0) is 20.9. The lowest BCUT2D eigenvalue weighted by molar-refractivity contribution is -0.0192. The molecule has 0 saturated heterocycles. The summed E-state index contributed by atoms with van der Waals surface area (Å²) in [5.41, 5.74) is 0. The molecule has 0 aromatic rings. The fraction of sp³-hybridized carbons (Fsp3) is 1.00. The Bertz CT molecular complexity index is 415. The van der Waals surface area contributed by atoms with Gasteiger partial charge in [0.15, 0.2) is 6.29 Å². The fourth-order valence-corrected chi connectivity index (χ4v) is 4.01. The van der Waals surface area contributed by atoms with Crippen molar-refractivity contribution in [3.05, 3.63) is 0 Å². The molecule has 0 spiro atoms. The lowest BCUT2D eigenvalue weighted by atomic mass is 10.0. The van der Waals surface area contributed by atoms with Crippen molar-refractivity contribution in [1.29, 1.82) is 0 Å². The Kier molecular flexibility index (Phi) is 20.0. The van der Waals surface area contributed by atoms with E-state index in [1.54, 1.807) is 0 Å². The van der Waals surface area contributed by atoms with Crippen molar-refractivity contribution in [2.45, 2.75) is 142 Å². The molecule has 0 aliphatic heterocycles. The Balaban J connectivity index is 3.12. The molecule has 0 aliphatic rings. The molecule has 0 rings (SSSR count). The Morgan fingerprint density at radius 2 is 0.929 bits per heavy atom. The van der Waals surface area contributed by atoms with E-state index >= 15 is 0 Å². The zero-order valence-corrected chi connectivity index (χ0v) is 19.2. The van der Waals surface area contributed by atoms with Crippen LogP contribution < -0.4 is 5.14 Å². The normalized spacial score (nSPS) is 13.1. The van der Waals surface area contributed by atoms with E-state index in [9.17, 15) is 13.5 Å². The van der Waals surface area contributed by atoms with Crippen molar-refractivity contribution in [1.82, 2.24) is 0 Å². The van der Waals surface area contributed by atoms with Gasteiger partial charge in [-0.05, 0) is 12.8 Å². The van der Waals surface area contributed by atoms with Gasteiger partial charge in [0.1, 0.15) is 0 Å². The van der Waals surface area contributed by atoms with Gasteiger partial charge in [0.25, 0.3) is 0 Å². The van der Waals surface area contributed by atoms with Crippen LogP contribution in [0.3, 0.4) is 0 Å². The maximum atomic E-state index is 10.6. The maximum absolute atomic E-state index is 10.6. The smallest absolute Gasteiger partial charge is 0.335 e. The van der Waals surface area contributed by atoms with E-state index in [1.807, 2.05) is 0 Å². The molecular weight excluding hydrogens is 374 g/mol. The molecule has 1 unspecified atom stereocenters. The molecule has 0 amide bonds. The summed E-state index contributed by atoms with van der Waals surface area (Å²) in [4.78, 5) is 0. The summed E-state index contributed by atoms with van der Waals surface area (Å²) >= 11 is 0. The topological polar surface area (TPSA) is 89.6 Å². The average Bonchev–Trinajstić information content (AvgIpc) is 2.62. The summed E-state index contributed by atoms with van der Waals surface area (Å²) in [5, 5.41) is 14.0. The minimum Gasteiger partial charge on any atom is -0.367 e. The molecule has 170 valence electrons. The highest BCUT2D eigenvalue weighted by Gasteiger charge is 2.11. The van der Waals surface area contributed by atoms with Gasteiger partial charge in [-0.1, -0.05) is 122 Å². The van der Waals surface area contributed by atoms with Crippen molar-refractivity contribution >= 4 is 10.3 Å². The first-order valence-electron chi connectivity index (χ1n) is 11.8. The first-order valence-corrected chi connectivity index (χ1v) is 13.3. The summed E-state index contributed by atoms with van der Waals surface area (Å²) in [7, 11) is -4.05. The van der Waals surface area contributed by atoms with Crippen LogP contribution in [-0.2, 0) is 14.5 Å². The highest BCUT2D eigenvalue weighted by atomic mass is 32.2. The van der Waals surface area contributed by atoms with Crippen LogP contribution in [0, 0.1) is 0 Å². The summed E-state index contributed by atoms with van der Waals surface area (Å²) in [6, 6.07) is 0. The minimum atomic E-state index is -4.05. The van der Waals surface area contributed by atoms with Crippen LogP contribution in [0.2, 0.25) is 0 Å². The van der Waals surface area contributed by atoms with Crippen LogP contribution in [0.1, 0.15) is 135 Å². The predicted octanol–water partition coefficient (Wildman–Crippen LogP) is 6.35. The average molecular weight is 422 g/mol. The molecular formula is C22H47NO4S. The minimum absolute atomic E-state index is 0.315. The van der Waals surface area contributed by atoms with E-state index in [-0.39, 0.29) is 0 Å². The molecule has 0 fully saturated rings. The highest BCUT2D eigenvalue weighted by molar-refractivity contribution is 7.84. The Hall–Kier alpha value is -0.170. The van der Waals surface area contributed by atoms with Gasteiger partial charge in [0, 0.05) is 0 Å².